The first kappa shape index (κ1) is 28.2. The van der Waals surface area contributed by atoms with E-state index >= 15 is 0 Å². The van der Waals surface area contributed by atoms with Crippen LogP contribution in [0, 0.1) is 0 Å². The molecule has 0 aliphatic rings. The molecular formula is C22H28N4O8. The maximum absolute atomic E-state index is 11.9. The summed E-state index contributed by atoms with van der Waals surface area (Å²) in [6.07, 6.45) is 0.459. The van der Waals surface area contributed by atoms with Crippen LogP contribution in [0.3, 0.4) is 0 Å². The topological polar surface area (TPSA) is 233 Å². The highest BCUT2D eigenvalue weighted by Gasteiger charge is 2.16. The van der Waals surface area contributed by atoms with Crippen LogP contribution in [-0.2, 0) is 12.8 Å². The summed E-state index contributed by atoms with van der Waals surface area (Å²) in [6, 6.07) is 10.1. The molecule has 12 nitrogen and oxygen atoms in total. The zero-order valence-corrected chi connectivity index (χ0v) is 18.3. The zero-order chi connectivity index (χ0) is 25.7. The average Bonchev–Trinajstić information content (AvgIpc) is 2.82. The molecule has 0 aliphatic heterocycles. The van der Waals surface area contributed by atoms with Gasteiger partial charge in [0.05, 0.1) is 18.8 Å². The highest BCUT2D eigenvalue weighted by atomic mass is 16.4. The van der Waals surface area contributed by atoms with E-state index in [9.17, 15) is 24.3 Å². The lowest BCUT2D eigenvalue weighted by Gasteiger charge is -2.07. The Kier molecular flexibility index (Phi) is 11.9. The number of benzene rings is 2. The lowest BCUT2D eigenvalue weighted by Crippen LogP contribution is -2.30. The number of aromatic nitrogens is 2. The number of aliphatic hydroxyl groups is 2. The van der Waals surface area contributed by atoms with Gasteiger partial charge in [0.25, 0.3) is 5.56 Å². The van der Waals surface area contributed by atoms with Crippen LogP contribution < -0.4 is 22.7 Å². The Bertz CT molecular complexity index is 1210. The summed E-state index contributed by atoms with van der Waals surface area (Å²) in [5.74, 6) is -2.40. The minimum Gasteiger partial charge on any atom is -0.478 e. The predicted molar refractivity (Wildman–Crippen MR) is 125 cm³/mol. The third kappa shape index (κ3) is 8.26. The van der Waals surface area contributed by atoms with Gasteiger partial charge in [0, 0.05) is 18.7 Å². The number of carbonyl (C=O) groups is 2. The number of nitrogens with two attached hydrogens (primary N) is 2. The van der Waals surface area contributed by atoms with Crippen molar-refractivity contribution in [2.75, 3.05) is 26.3 Å². The van der Waals surface area contributed by atoms with Crippen molar-refractivity contribution in [3.63, 3.8) is 0 Å². The van der Waals surface area contributed by atoms with Gasteiger partial charge in [0.15, 0.2) is 0 Å². The van der Waals surface area contributed by atoms with Gasteiger partial charge in [-0.2, -0.15) is 0 Å². The first-order valence-corrected chi connectivity index (χ1v) is 10.2. The lowest BCUT2D eigenvalue weighted by molar-refractivity contribution is 0.0681. The maximum Gasteiger partial charge on any atom is 0.352 e. The van der Waals surface area contributed by atoms with Gasteiger partial charge in [-0.05, 0) is 35.2 Å². The Labute approximate surface area is 193 Å². The van der Waals surface area contributed by atoms with Gasteiger partial charge in [-0.25, -0.2) is 14.4 Å². The fourth-order valence-electron chi connectivity index (χ4n) is 2.88. The molecule has 0 bridgehead atoms. The third-order valence-electron chi connectivity index (χ3n) is 4.35. The SMILES string of the molecule is NCCO.NCCO.O=C(O)c1[nH]c(=O)[nH]c(=O)c1CCc1ccc2c(C(=O)O)cccc2c1. The maximum atomic E-state index is 11.9. The van der Waals surface area contributed by atoms with Gasteiger partial charge in [-0.1, -0.05) is 30.3 Å². The summed E-state index contributed by atoms with van der Waals surface area (Å²) >= 11 is 0. The summed E-state index contributed by atoms with van der Waals surface area (Å²) in [4.78, 5) is 49.8. The lowest BCUT2D eigenvalue weighted by atomic mass is 9.98. The fraction of sp³-hybridized carbons (Fsp3) is 0.273. The fourth-order valence-corrected chi connectivity index (χ4v) is 2.88. The molecule has 1 aromatic heterocycles. The van der Waals surface area contributed by atoms with E-state index in [2.05, 4.69) is 4.98 Å². The number of aryl methyl sites for hydroxylation is 1. The Balaban J connectivity index is 0.000000629. The van der Waals surface area contributed by atoms with Gasteiger partial charge in [-0.3, -0.25) is 9.78 Å². The van der Waals surface area contributed by atoms with E-state index < -0.39 is 28.9 Å². The van der Waals surface area contributed by atoms with Crippen LogP contribution in [0.2, 0.25) is 0 Å². The molecule has 0 radical (unpaired) electrons. The molecule has 0 fully saturated rings. The second-order valence-corrected chi connectivity index (χ2v) is 6.76. The number of rotatable bonds is 7. The number of aliphatic hydroxyl groups excluding tert-OH is 2. The molecule has 34 heavy (non-hydrogen) atoms. The van der Waals surface area contributed by atoms with Crippen LogP contribution >= 0.6 is 0 Å². The molecular weight excluding hydrogens is 448 g/mol. The van der Waals surface area contributed by atoms with Crippen LogP contribution in [0.4, 0.5) is 0 Å². The highest BCUT2D eigenvalue weighted by molar-refractivity contribution is 6.03. The smallest absolute Gasteiger partial charge is 0.352 e. The number of hydrogen-bond acceptors (Lipinski definition) is 8. The first-order chi connectivity index (χ1) is 16.2. The van der Waals surface area contributed by atoms with Gasteiger partial charge < -0.3 is 36.9 Å². The van der Waals surface area contributed by atoms with E-state index in [1.165, 1.54) is 6.07 Å². The normalized spacial score (nSPS) is 10.0. The summed E-state index contributed by atoms with van der Waals surface area (Å²) in [7, 11) is 0. The number of aromatic carboxylic acids is 2. The quantitative estimate of drug-likeness (QED) is 0.213. The van der Waals surface area contributed by atoms with Crippen LogP contribution in [0.25, 0.3) is 10.8 Å². The monoisotopic (exact) mass is 476 g/mol. The minimum absolute atomic E-state index is 0.0171. The van der Waals surface area contributed by atoms with E-state index in [0.29, 0.717) is 24.9 Å². The van der Waals surface area contributed by atoms with E-state index in [4.69, 9.17) is 26.8 Å². The van der Waals surface area contributed by atoms with Crippen molar-refractivity contribution < 1.29 is 30.0 Å². The molecule has 184 valence electrons. The third-order valence-corrected chi connectivity index (χ3v) is 4.35. The van der Waals surface area contributed by atoms with Crippen molar-refractivity contribution in [1.82, 2.24) is 9.97 Å². The van der Waals surface area contributed by atoms with Gasteiger partial charge in [-0.15, -0.1) is 0 Å². The van der Waals surface area contributed by atoms with Crippen molar-refractivity contribution in [2.45, 2.75) is 12.8 Å². The number of nitrogens with one attached hydrogen (secondary N) is 2. The van der Waals surface area contributed by atoms with Crippen molar-refractivity contribution >= 4 is 22.7 Å². The zero-order valence-electron chi connectivity index (χ0n) is 18.3. The van der Waals surface area contributed by atoms with Gasteiger partial charge in [0.1, 0.15) is 5.69 Å². The summed E-state index contributed by atoms with van der Waals surface area (Å²) in [6.45, 7) is 0.944. The predicted octanol–water partition coefficient (Wildman–Crippen LogP) is -0.727. The Morgan fingerprint density at radius 3 is 2.00 bits per heavy atom. The van der Waals surface area contributed by atoms with Crippen molar-refractivity contribution in [3.05, 3.63) is 79.6 Å². The average molecular weight is 476 g/mol. The van der Waals surface area contributed by atoms with E-state index in [-0.39, 0.29) is 30.8 Å². The first-order valence-electron chi connectivity index (χ1n) is 10.2. The molecule has 0 unspecified atom stereocenters. The number of fused-ring (bicyclic) bond motifs is 1. The molecule has 0 saturated heterocycles. The molecule has 3 aromatic rings. The summed E-state index contributed by atoms with van der Waals surface area (Å²) < 4.78 is 0. The van der Waals surface area contributed by atoms with Crippen LogP contribution in [0.15, 0.2) is 46.0 Å². The molecule has 0 aliphatic carbocycles. The molecule has 2 aromatic carbocycles. The molecule has 0 amide bonds. The minimum atomic E-state index is -1.38. The number of carboxylic acid groups (broad SMARTS) is 2. The second-order valence-electron chi connectivity index (χ2n) is 6.76. The largest absolute Gasteiger partial charge is 0.478 e. The number of carboxylic acids is 2. The Morgan fingerprint density at radius 2 is 1.47 bits per heavy atom. The Morgan fingerprint density at radius 1 is 0.853 bits per heavy atom. The molecule has 1 heterocycles. The molecule has 0 spiro atoms. The van der Waals surface area contributed by atoms with E-state index in [1.807, 2.05) is 4.98 Å². The summed E-state index contributed by atoms with van der Waals surface area (Å²) in [5.41, 5.74) is 8.51. The van der Waals surface area contributed by atoms with Crippen molar-refractivity contribution in [3.8, 4) is 0 Å². The Hall–Kier alpha value is -3.84. The summed E-state index contributed by atoms with van der Waals surface area (Å²) in [5, 5.41) is 35.2. The molecule has 10 N–H and O–H groups in total. The van der Waals surface area contributed by atoms with E-state index in [1.54, 1.807) is 30.3 Å². The molecule has 3 rings (SSSR count). The number of hydrogen-bond donors (Lipinski definition) is 8. The van der Waals surface area contributed by atoms with Crippen LogP contribution in [0.5, 0.6) is 0 Å². The van der Waals surface area contributed by atoms with Crippen molar-refractivity contribution in [1.29, 1.82) is 0 Å². The highest BCUT2D eigenvalue weighted by Crippen LogP contribution is 2.21. The number of H-pyrrole nitrogens is 2. The standard InChI is InChI=1S/C18H14N2O6.2C2H7NO/c21-15-13(14(17(24)25)19-18(26)20-15)7-5-9-4-6-11-10(8-9)2-1-3-12(11)16(22)23;2*3-1-2-4/h1-4,6,8H,5,7H2,(H,22,23)(H,24,25)(H2,19,20,21,26);2*4H,1-3H2. The van der Waals surface area contributed by atoms with E-state index in [0.717, 1.165) is 10.9 Å². The molecule has 0 saturated carbocycles. The number of aromatic amines is 2. The van der Waals surface area contributed by atoms with Crippen LogP contribution in [0.1, 0.15) is 32.0 Å². The van der Waals surface area contributed by atoms with Crippen molar-refractivity contribution in [2.24, 2.45) is 11.5 Å². The van der Waals surface area contributed by atoms with Crippen LogP contribution in [-0.4, -0.2) is 68.6 Å². The van der Waals surface area contributed by atoms with Gasteiger partial charge >= 0.3 is 17.6 Å². The second kappa shape index (κ2) is 14.3. The molecule has 12 heteroatoms. The van der Waals surface area contributed by atoms with Gasteiger partial charge in [0.2, 0.25) is 0 Å². The molecule has 0 atom stereocenters.